The number of hydrogen-bond donors (Lipinski definition) is 2. The van der Waals surface area contributed by atoms with E-state index >= 15 is 0 Å². The number of nitrogens with one attached hydrogen (secondary N) is 2. The standard InChI is InChI=1S/C27H45N3O2/c1-21(2)15-16-26(31)29-24(19-22(3)4)20-30-18-10-14-25(30)27(32)28-17-9-8-13-23-11-6-5-7-12-23/h5-7,11-12,21-22,24-25H,8-10,13-20H2,1-4H3,(H,28,32)(H,29,31)/t24-,25+/m1/s1. The van der Waals surface area contributed by atoms with E-state index < -0.39 is 0 Å². The van der Waals surface area contributed by atoms with E-state index in [-0.39, 0.29) is 23.9 Å². The summed E-state index contributed by atoms with van der Waals surface area (Å²) in [5, 5.41) is 6.41. The van der Waals surface area contributed by atoms with Gasteiger partial charge in [0.25, 0.3) is 0 Å². The van der Waals surface area contributed by atoms with E-state index in [1.807, 2.05) is 6.07 Å². The molecule has 2 atom stereocenters. The van der Waals surface area contributed by atoms with Crippen molar-refractivity contribution in [1.29, 1.82) is 0 Å². The first-order chi connectivity index (χ1) is 15.3. The Morgan fingerprint density at radius 2 is 1.81 bits per heavy atom. The summed E-state index contributed by atoms with van der Waals surface area (Å²) >= 11 is 0. The predicted octanol–water partition coefficient (Wildman–Crippen LogP) is 4.56. The second-order valence-corrected chi connectivity index (χ2v) is 10.2. The van der Waals surface area contributed by atoms with Gasteiger partial charge >= 0.3 is 0 Å². The van der Waals surface area contributed by atoms with Crippen LogP contribution in [0.1, 0.15) is 78.2 Å². The Bertz CT molecular complexity index is 675. The van der Waals surface area contributed by atoms with Gasteiger partial charge < -0.3 is 10.6 Å². The second-order valence-electron chi connectivity index (χ2n) is 10.2. The van der Waals surface area contributed by atoms with Gasteiger partial charge in [0, 0.05) is 25.6 Å². The highest BCUT2D eigenvalue weighted by Gasteiger charge is 2.32. The first kappa shape index (κ1) is 26.4. The maximum Gasteiger partial charge on any atom is 0.237 e. The number of likely N-dealkylation sites (tertiary alicyclic amines) is 1. The maximum atomic E-state index is 12.9. The Labute approximate surface area is 195 Å². The quantitative estimate of drug-likeness (QED) is 0.415. The number of amides is 2. The van der Waals surface area contributed by atoms with E-state index in [9.17, 15) is 9.59 Å². The third kappa shape index (κ3) is 10.2. The van der Waals surface area contributed by atoms with E-state index in [1.165, 1.54) is 5.56 Å². The van der Waals surface area contributed by atoms with Crippen LogP contribution in [0.15, 0.2) is 30.3 Å². The molecule has 1 aromatic rings. The van der Waals surface area contributed by atoms with Crippen molar-refractivity contribution >= 4 is 11.8 Å². The lowest BCUT2D eigenvalue weighted by molar-refractivity contribution is -0.125. The van der Waals surface area contributed by atoms with Gasteiger partial charge in [0.15, 0.2) is 0 Å². The third-order valence-corrected chi connectivity index (χ3v) is 6.23. The Morgan fingerprint density at radius 1 is 1.06 bits per heavy atom. The zero-order chi connectivity index (χ0) is 23.3. The van der Waals surface area contributed by atoms with Gasteiger partial charge in [0.2, 0.25) is 11.8 Å². The lowest BCUT2D eigenvalue weighted by atomic mass is 10.0. The first-order valence-electron chi connectivity index (χ1n) is 12.7. The van der Waals surface area contributed by atoms with Gasteiger partial charge in [-0.05, 0) is 68.9 Å². The van der Waals surface area contributed by atoms with Gasteiger partial charge in [0.05, 0.1) is 6.04 Å². The number of hydrogen-bond acceptors (Lipinski definition) is 3. The molecule has 32 heavy (non-hydrogen) atoms. The van der Waals surface area contributed by atoms with Crippen LogP contribution >= 0.6 is 0 Å². The molecule has 5 nitrogen and oxygen atoms in total. The van der Waals surface area contributed by atoms with Gasteiger partial charge in [0.1, 0.15) is 0 Å². The van der Waals surface area contributed by atoms with Crippen molar-refractivity contribution in [3.05, 3.63) is 35.9 Å². The highest BCUT2D eigenvalue weighted by atomic mass is 16.2. The van der Waals surface area contributed by atoms with Crippen molar-refractivity contribution in [3.63, 3.8) is 0 Å². The van der Waals surface area contributed by atoms with Crippen molar-refractivity contribution in [3.8, 4) is 0 Å². The van der Waals surface area contributed by atoms with Crippen LogP contribution in [-0.4, -0.2) is 48.4 Å². The molecule has 2 N–H and O–H groups in total. The van der Waals surface area contributed by atoms with E-state index in [4.69, 9.17) is 0 Å². The van der Waals surface area contributed by atoms with Crippen molar-refractivity contribution < 1.29 is 9.59 Å². The van der Waals surface area contributed by atoms with Gasteiger partial charge in [-0.25, -0.2) is 0 Å². The Kier molecular flexibility index (Phi) is 11.8. The molecular formula is C27H45N3O2. The molecule has 1 heterocycles. The summed E-state index contributed by atoms with van der Waals surface area (Å²) < 4.78 is 0. The van der Waals surface area contributed by atoms with Crippen LogP contribution in [0.2, 0.25) is 0 Å². The van der Waals surface area contributed by atoms with Crippen LogP contribution in [0, 0.1) is 11.8 Å². The highest BCUT2D eigenvalue weighted by molar-refractivity contribution is 5.82. The number of benzene rings is 1. The molecule has 0 radical (unpaired) electrons. The molecule has 0 unspecified atom stereocenters. The maximum absolute atomic E-state index is 12.9. The van der Waals surface area contributed by atoms with Gasteiger partial charge in [-0.3, -0.25) is 14.5 Å². The summed E-state index contributed by atoms with van der Waals surface area (Å²) in [5.74, 6) is 1.33. The fraction of sp³-hybridized carbons (Fsp3) is 0.704. The Balaban J connectivity index is 1.77. The summed E-state index contributed by atoms with van der Waals surface area (Å²) in [6.45, 7) is 11.1. The Hall–Kier alpha value is -1.88. The van der Waals surface area contributed by atoms with Crippen molar-refractivity contribution in [2.75, 3.05) is 19.6 Å². The predicted molar refractivity (Wildman–Crippen MR) is 132 cm³/mol. The molecule has 180 valence electrons. The average Bonchev–Trinajstić information content (AvgIpc) is 3.20. The van der Waals surface area contributed by atoms with E-state index in [2.05, 4.69) is 67.5 Å². The number of aryl methyl sites for hydroxylation is 1. The zero-order valence-corrected chi connectivity index (χ0v) is 20.7. The number of rotatable bonds is 14. The lowest BCUT2D eigenvalue weighted by Gasteiger charge is -2.30. The average molecular weight is 444 g/mol. The number of unbranched alkanes of at least 4 members (excludes halogenated alkanes) is 1. The monoisotopic (exact) mass is 443 g/mol. The molecular weight excluding hydrogens is 398 g/mol. The summed E-state index contributed by atoms with van der Waals surface area (Å²) in [7, 11) is 0. The van der Waals surface area contributed by atoms with Crippen molar-refractivity contribution in [1.82, 2.24) is 15.5 Å². The van der Waals surface area contributed by atoms with Gasteiger partial charge in [-0.1, -0.05) is 58.0 Å². The molecule has 0 saturated carbocycles. The highest BCUT2D eigenvalue weighted by Crippen LogP contribution is 2.19. The van der Waals surface area contributed by atoms with Crippen LogP contribution in [0.25, 0.3) is 0 Å². The fourth-order valence-electron chi connectivity index (χ4n) is 4.52. The molecule has 1 aliphatic rings. The van der Waals surface area contributed by atoms with Crippen LogP contribution in [0.3, 0.4) is 0 Å². The van der Waals surface area contributed by atoms with Crippen LogP contribution < -0.4 is 10.6 Å². The molecule has 0 spiro atoms. The second kappa shape index (κ2) is 14.3. The SMILES string of the molecule is CC(C)CCC(=O)N[C@H](CC(C)C)CN1CCC[C@H]1C(=O)NCCCCc1ccccc1. The molecule has 2 amide bonds. The topological polar surface area (TPSA) is 61.4 Å². The zero-order valence-electron chi connectivity index (χ0n) is 20.7. The minimum absolute atomic E-state index is 0.0636. The summed E-state index contributed by atoms with van der Waals surface area (Å²) in [5.41, 5.74) is 1.35. The lowest BCUT2D eigenvalue weighted by Crippen LogP contribution is -2.50. The van der Waals surface area contributed by atoms with Crippen LogP contribution in [0.4, 0.5) is 0 Å². The summed E-state index contributed by atoms with van der Waals surface area (Å²) in [6, 6.07) is 10.5. The van der Waals surface area contributed by atoms with Crippen LogP contribution in [0.5, 0.6) is 0 Å². The van der Waals surface area contributed by atoms with Crippen molar-refractivity contribution in [2.24, 2.45) is 11.8 Å². The summed E-state index contributed by atoms with van der Waals surface area (Å²) in [4.78, 5) is 27.6. The third-order valence-electron chi connectivity index (χ3n) is 6.23. The molecule has 1 aliphatic heterocycles. The van der Waals surface area contributed by atoms with E-state index in [0.29, 0.717) is 18.3 Å². The van der Waals surface area contributed by atoms with Crippen molar-refractivity contribution in [2.45, 2.75) is 91.1 Å². The normalized spacial score (nSPS) is 17.6. The number of carbonyl (C=O) groups excluding carboxylic acids is 2. The minimum Gasteiger partial charge on any atom is -0.355 e. The number of carbonyl (C=O) groups is 2. The Morgan fingerprint density at radius 3 is 2.50 bits per heavy atom. The van der Waals surface area contributed by atoms with Gasteiger partial charge in [-0.15, -0.1) is 0 Å². The summed E-state index contributed by atoms with van der Waals surface area (Å²) in [6.07, 6.45) is 7.52. The minimum atomic E-state index is -0.0636. The van der Waals surface area contributed by atoms with E-state index in [1.54, 1.807) is 0 Å². The molecule has 1 saturated heterocycles. The largest absolute Gasteiger partial charge is 0.355 e. The van der Waals surface area contributed by atoms with Crippen LogP contribution in [-0.2, 0) is 16.0 Å². The fourth-order valence-corrected chi connectivity index (χ4v) is 4.52. The smallest absolute Gasteiger partial charge is 0.237 e. The first-order valence-corrected chi connectivity index (χ1v) is 12.7. The molecule has 5 heteroatoms. The number of nitrogens with zero attached hydrogens (tertiary/aromatic N) is 1. The molecule has 0 aromatic heterocycles. The molecule has 0 bridgehead atoms. The molecule has 1 aromatic carbocycles. The molecule has 0 aliphatic carbocycles. The molecule has 1 fully saturated rings. The van der Waals surface area contributed by atoms with Gasteiger partial charge in [-0.2, -0.15) is 0 Å². The van der Waals surface area contributed by atoms with E-state index in [0.717, 1.165) is 64.6 Å². The molecule has 2 rings (SSSR count).